The van der Waals surface area contributed by atoms with E-state index in [9.17, 15) is 13.2 Å². The summed E-state index contributed by atoms with van der Waals surface area (Å²) in [6.07, 6.45) is 4.59. The molecule has 2 aromatic carbocycles. The second kappa shape index (κ2) is 11.1. The standard InChI is InChI=1S/C26H28ClN7O3S/c1-38(36,37)29-10-12-32-13-15-33(16-14-32)24-8-3-2-7-22(24)31-26(35)23-9-11-34-25(30-23)21(18-28-34)19-5-4-6-20(27)17-19/h2-9,11,17-18,29H,10,12-16H2,1H3,(H,31,35). The average Bonchev–Trinajstić information content (AvgIpc) is 3.32. The Bertz CT molecular complexity index is 1570. The third kappa shape index (κ3) is 6.13. The van der Waals surface area contributed by atoms with Gasteiger partial charge < -0.3 is 10.2 Å². The van der Waals surface area contributed by atoms with Crippen LogP contribution in [0.2, 0.25) is 5.02 Å². The summed E-state index contributed by atoms with van der Waals surface area (Å²) < 4.78 is 26.8. The molecule has 0 aliphatic carbocycles. The van der Waals surface area contributed by atoms with Gasteiger partial charge in [-0.25, -0.2) is 22.6 Å². The van der Waals surface area contributed by atoms with Gasteiger partial charge in [-0.15, -0.1) is 0 Å². The van der Waals surface area contributed by atoms with Crippen molar-refractivity contribution in [2.45, 2.75) is 0 Å². The van der Waals surface area contributed by atoms with Crippen molar-refractivity contribution in [3.63, 3.8) is 0 Å². The van der Waals surface area contributed by atoms with Crippen LogP contribution in [-0.2, 0) is 10.0 Å². The normalized spacial score (nSPS) is 14.6. The van der Waals surface area contributed by atoms with Crippen LogP contribution in [0.3, 0.4) is 0 Å². The molecule has 1 aliphatic heterocycles. The number of sulfonamides is 1. The Morgan fingerprint density at radius 3 is 2.61 bits per heavy atom. The Morgan fingerprint density at radius 2 is 1.84 bits per heavy atom. The first-order valence-electron chi connectivity index (χ1n) is 12.2. The lowest BCUT2D eigenvalue weighted by molar-refractivity contribution is 0.102. The highest BCUT2D eigenvalue weighted by molar-refractivity contribution is 7.88. The minimum Gasteiger partial charge on any atom is -0.367 e. The second-order valence-electron chi connectivity index (χ2n) is 9.12. The maximum Gasteiger partial charge on any atom is 0.274 e. The molecule has 0 bridgehead atoms. The number of carbonyl (C=O) groups excluding carboxylic acids is 1. The molecule has 5 rings (SSSR count). The lowest BCUT2D eigenvalue weighted by atomic mass is 10.1. The van der Waals surface area contributed by atoms with Gasteiger partial charge in [-0.2, -0.15) is 5.10 Å². The minimum atomic E-state index is -3.19. The zero-order valence-electron chi connectivity index (χ0n) is 20.8. The van der Waals surface area contributed by atoms with Crippen molar-refractivity contribution in [2.75, 3.05) is 55.7 Å². The number of hydrogen-bond donors (Lipinski definition) is 2. The first kappa shape index (κ1) is 26.1. The van der Waals surface area contributed by atoms with Crippen molar-refractivity contribution >= 4 is 44.6 Å². The minimum absolute atomic E-state index is 0.277. The average molecular weight is 554 g/mol. The van der Waals surface area contributed by atoms with Gasteiger partial charge in [0.1, 0.15) is 5.69 Å². The fourth-order valence-electron chi connectivity index (χ4n) is 4.50. The summed E-state index contributed by atoms with van der Waals surface area (Å²) in [7, 11) is -3.19. The molecule has 4 aromatic rings. The van der Waals surface area contributed by atoms with Crippen LogP contribution in [-0.4, -0.2) is 79.3 Å². The zero-order chi connectivity index (χ0) is 26.7. The molecule has 0 spiro atoms. The lowest BCUT2D eigenvalue weighted by Crippen LogP contribution is -2.48. The number of nitrogens with zero attached hydrogens (tertiary/aromatic N) is 5. The van der Waals surface area contributed by atoms with E-state index < -0.39 is 10.0 Å². The highest BCUT2D eigenvalue weighted by Gasteiger charge is 2.21. The van der Waals surface area contributed by atoms with Crippen molar-refractivity contribution < 1.29 is 13.2 Å². The first-order chi connectivity index (χ1) is 18.3. The van der Waals surface area contributed by atoms with E-state index in [1.54, 1.807) is 29.0 Å². The molecule has 198 valence electrons. The SMILES string of the molecule is CS(=O)(=O)NCCN1CCN(c2ccccc2NC(=O)c2ccn3ncc(-c4cccc(Cl)c4)c3n2)CC1. The van der Waals surface area contributed by atoms with E-state index in [0.717, 1.165) is 49.2 Å². The van der Waals surface area contributed by atoms with Gasteiger partial charge >= 0.3 is 0 Å². The number of aromatic nitrogens is 3. The number of rotatable bonds is 8. The Labute approximate surface area is 226 Å². The Morgan fingerprint density at radius 1 is 1.05 bits per heavy atom. The van der Waals surface area contributed by atoms with Crippen LogP contribution in [0.1, 0.15) is 10.5 Å². The van der Waals surface area contributed by atoms with E-state index in [2.05, 4.69) is 29.9 Å². The van der Waals surface area contributed by atoms with Gasteiger partial charge in [0.05, 0.1) is 23.8 Å². The van der Waals surface area contributed by atoms with E-state index in [1.165, 1.54) is 0 Å². The molecule has 0 radical (unpaired) electrons. The molecule has 1 fully saturated rings. The molecule has 38 heavy (non-hydrogen) atoms. The zero-order valence-corrected chi connectivity index (χ0v) is 22.4. The maximum atomic E-state index is 13.3. The lowest BCUT2D eigenvalue weighted by Gasteiger charge is -2.36. The number of carbonyl (C=O) groups is 1. The Kier molecular flexibility index (Phi) is 7.61. The molecule has 2 N–H and O–H groups in total. The van der Waals surface area contributed by atoms with Crippen molar-refractivity contribution in [2.24, 2.45) is 0 Å². The molecule has 1 saturated heterocycles. The summed E-state index contributed by atoms with van der Waals surface area (Å²) in [6, 6.07) is 16.8. The fraction of sp³-hybridized carbons (Fsp3) is 0.269. The van der Waals surface area contributed by atoms with Crippen molar-refractivity contribution in [1.82, 2.24) is 24.2 Å². The molecule has 1 aliphatic rings. The predicted octanol–water partition coefficient (Wildman–Crippen LogP) is 2.97. The molecule has 0 saturated carbocycles. The van der Waals surface area contributed by atoms with Crippen LogP contribution >= 0.6 is 11.6 Å². The molecule has 2 aromatic heterocycles. The van der Waals surface area contributed by atoms with Gasteiger partial charge in [-0.3, -0.25) is 9.69 Å². The number of fused-ring (bicyclic) bond motifs is 1. The predicted molar refractivity (Wildman–Crippen MR) is 149 cm³/mol. The number of hydrogen-bond acceptors (Lipinski definition) is 7. The van der Waals surface area contributed by atoms with E-state index in [4.69, 9.17) is 11.6 Å². The second-order valence-corrected chi connectivity index (χ2v) is 11.4. The molecule has 1 amide bonds. The summed E-state index contributed by atoms with van der Waals surface area (Å²) in [6.45, 7) is 4.14. The molecule has 12 heteroatoms. The largest absolute Gasteiger partial charge is 0.367 e. The van der Waals surface area contributed by atoms with Crippen LogP contribution in [0.25, 0.3) is 16.8 Å². The van der Waals surface area contributed by atoms with E-state index in [1.807, 2.05) is 42.5 Å². The number of amides is 1. The summed E-state index contributed by atoms with van der Waals surface area (Å²) in [5, 5.41) is 7.99. The van der Waals surface area contributed by atoms with Gasteiger partial charge in [-0.1, -0.05) is 35.9 Å². The van der Waals surface area contributed by atoms with Gasteiger partial charge in [0, 0.05) is 56.1 Å². The van der Waals surface area contributed by atoms with Gasteiger partial charge in [-0.05, 0) is 35.9 Å². The highest BCUT2D eigenvalue weighted by Crippen LogP contribution is 2.28. The van der Waals surface area contributed by atoms with Crippen molar-refractivity contribution in [1.29, 1.82) is 0 Å². The molecule has 0 atom stereocenters. The molecule has 10 nitrogen and oxygen atoms in total. The summed E-state index contributed by atoms with van der Waals surface area (Å²) in [5.74, 6) is -0.316. The monoisotopic (exact) mass is 553 g/mol. The smallest absolute Gasteiger partial charge is 0.274 e. The third-order valence-corrected chi connectivity index (χ3v) is 7.36. The van der Waals surface area contributed by atoms with Crippen LogP contribution in [0, 0.1) is 0 Å². The van der Waals surface area contributed by atoms with E-state index in [0.29, 0.717) is 29.4 Å². The quantitative estimate of drug-likeness (QED) is 0.345. The molecular weight excluding hydrogens is 526 g/mol. The van der Waals surface area contributed by atoms with Gasteiger partial charge in [0.25, 0.3) is 5.91 Å². The maximum absolute atomic E-state index is 13.3. The van der Waals surface area contributed by atoms with Crippen LogP contribution in [0.5, 0.6) is 0 Å². The fourth-order valence-corrected chi connectivity index (χ4v) is 5.15. The first-order valence-corrected chi connectivity index (χ1v) is 14.5. The number of anilines is 2. The molecular formula is C26H28ClN7O3S. The van der Waals surface area contributed by atoms with Crippen molar-refractivity contribution in [3.05, 3.63) is 77.7 Å². The number of nitrogens with one attached hydrogen (secondary N) is 2. The van der Waals surface area contributed by atoms with E-state index in [-0.39, 0.29) is 11.6 Å². The summed E-state index contributed by atoms with van der Waals surface area (Å²) >= 11 is 6.17. The van der Waals surface area contributed by atoms with Crippen LogP contribution in [0.15, 0.2) is 67.0 Å². The molecule has 0 unspecified atom stereocenters. The number of para-hydroxylation sites is 2. The van der Waals surface area contributed by atoms with Gasteiger partial charge in [0.2, 0.25) is 10.0 Å². The summed E-state index contributed by atoms with van der Waals surface area (Å²) in [5.41, 5.74) is 4.13. The van der Waals surface area contributed by atoms with E-state index >= 15 is 0 Å². The third-order valence-electron chi connectivity index (χ3n) is 6.39. The number of halogens is 1. The molecule has 3 heterocycles. The van der Waals surface area contributed by atoms with Gasteiger partial charge in [0.15, 0.2) is 5.65 Å². The topological polar surface area (TPSA) is 112 Å². The highest BCUT2D eigenvalue weighted by atomic mass is 35.5. The Hall–Kier alpha value is -3.51. The Balaban J connectivity index is 1.29. The number of benzene rings is 2. The summed E-state index contributed by atoms with van der Waals surface area (Å²) in [4.78, 5) is 22.3. The van der Waals surface area contributed by atoms with Crippen LogP contribution in [0.4, 0.5) is 11.4 Å². The number of piperazine rings is 1. The van der Waals surface area contributed by atoms with Crippen LogP contribution < -0.4 is 14.9 Å². The van der Waals surface area contributed by atoms with Crippen molar-refractivity contribution in [3.8, 4) is 11.1 Å².